The lowest BCUT2D eigenvalue weighted by molar-refractivity contribution is 0.0927. The van der Waals surface area contributed by atoms with E-state index in [1.54, 1.807) is 18.3 Å². The maximum absolute atomic E-state index is 12.5. The number of halogens is 1. The van der Waals surface area contributed by atoms with Crippen molar-refractivity contribution < 1.29 is 4.79 Å². The minimum Gasteiger partial charge on any atom is -0.349 e. The molecule has 0 atom stereocenters. The number of carbonyl (C=O) groups is 1. The Morgan fingerprint density at radius 3 is 2.76 bits per heavy atom. The van der Waals surface area contributed by atoms with E-state index in [9.17, 15) is 4.79 Å². The van der Waals surface area contributed by atoms with Crippen molar-refractivity contribution in [2.75, 3.05) is 0 Å². The molecule has 1 aliphatic rings. The number of nitrogens with one attached hydrogen (secondary N) is 1. The monoisotopic (exact) mass is 303 g/mol. The van der Waals surface area contributed by atoms with E-state index in [0.29, 0.717) is 16.1 Å². The molecular formula is C16H18ClN3O. The second-order valence-corrected chi connectivity index (χ2v) is 5.99. The third-order valence-electron chi connectivity index (χ3n) is 4.07. The molecule has 0 spiro atoms. The summed E-state index contributed by atoms with van der Waals surface area (Å²) in [4.78, 5) is 16.8. The first-order chi connectivity index (χ1) is 10.1. The molecule has 1 aromatic carbocycles. The van der Waals surface area contributed by atoms with Crippen molar-refractivity contribution in [3.8, 4) is 0 Å². The second-order valence-electron chi connectivity index (χ2n) is 5.58. The highest BCUT2D eigenvalue weighted by Gasteiger charge is 2.21. The summed E-state index contributed by atoms with van der Waals surface area (Å²) in [6.07, 6.45) is 5.47. The molecule has 0 saturated heterocycles. The van der Waals surface area contributed by atoms with Crippen molar-refractivity contribution in [2.45, 2.75) is 37.8 Å². The third kappa shape index (κ3) is 3.01. The molecule has 0 bridgehead atoms. The summed E-state index contributed by atoms with van der Waals surface area (Å²) in [5, 5.41) is 4.50. The summed E-state index contributed by atoms with van der Waals surface area (Å²) >= 11 is 6.16. The van der Waals surface area contributed by atoms with E-state index in [0.717, 1.165) is 31.1 Å². The first kappa shape index (κ1) is 14.3. The number of aromatic nitrogens is 1. The van der Waals surface area contributed by atoms with E-state index in [4.69, 9.17) is 17.3 Å². The molecule has 1 heterocycles. The van der Waals surface area contributed by atoms with Gasteiger partial charge in [-0.1, -0.05) is 11.6 Å². The third-order valence-corrected chi connectivity index (χ3v) is 4.40. The van der Waals surface area contributed by atoms with Crippen molar-refractivity contribution in [1.82, 2.24) is 10.3 Å². The number of benzene rings is 1. The molecule has 1 saturated carbocycles. The maximum atomic E-state index is 12.5. The van der Waals surface area contributed by atoms with E-state index in [1.807, 2.05) is 12.1 Å². The average Bonchev–Trinajstić information content (AvgIpc) is 2.50. The normalized spacial score (nSPS) is 22.2. The van der Waals surface area contributed by atoms with Crippen LogP contribution in [-0.4, -0.2) is 23.0 Å². The van der Waals surface area contributed by atoms with Crippen molar-refractivity contribution in [3.05, 3.63) is 41.0 Å². The van der Waals surface area contributed by atoms with Crippen LogP contribution in [0.3, 0.4) is 0 Å². The molecule has 3 N–H and O–H groups in total. The van der Waals surface area contributed by atoms with E-state index < -0.39 is 0 Å². The largest absolute Gasteiger partial charge is 0.349 e. The topological polar surface area (TPSA) is 68.0 Å². The summed E-state index contributed by atoms with van der Waals surface area (Å²) in [5.41, 5.74) is 7.11. The number of nitrogens with two attached hydrogens (primary N) is 1. The quantitative estimate of drug-likeness (QED) is 0.896. The molecule has 0 unspecified atom stereocenters. The minimum atomic E-state index is -0.0872. The van der Waals surface area contributed by atoms with Crippen LogP contribution in [0.15, 0.2) is 30.5 Å². The predicted molar refractivity (Wildman–Crippen MR) is 84.5 cm³/mol. The minimum absolute atomic E-state index is 0.0872. The van der Waals surface area contributed by atoms with Gasteiger partial charge in [0.15, 0.2) is 0 Å². The van der Waals surface area contributed by atoms with Crippen LogP contribution in [0.5, 0.6) is 0 Å². The molecule has 0 radical (unpaired) electrons. The van der Waals surface area contributed by atoms with Gasteiger partial charge in [0.1, 0.15) is 0 Å². The molecule has 1 aliphatic carbocycles. The van der Waals surface area contributed by atoms with Gasteiger partial charge >= 0.3 is 0 Å². The zero-order chi connectivity index (χ0) is 14.8. The highest BCUT2D eigenvalue weighted by Crippen LogP contribution is 2.25. The van der Waals surface area contributed by atoms with Gasteiger partial charge in [0.2, 0.25) is 0 Å². The van der Waals surface area contributed by atoms with Crippen molar-refractivity contribution in [3.63, 3.8) is 0 Å². The van der Waals surface area contributed by atoms with Crippen LogP contribution in [0.2, 0.25) is 5.02 Å². The lowest BCUT2D eigenvalue weighted by atomic mass is 9.91. The summed E-state index contributed by atoms with van der Waals surface area (Å²) < 4.78 is 0. The van der Waals surface area contributed by atoms with Gasteiger partial charge in [0.05, 0.1) is 16.1 Å². The number of pyridine rings is 1. The molecule has 2 aromatic rings. The Labute approximate surface area is 128 Å². The van der Waals surface area contributed by atoms with Gasteiger partial charge in [-0.3, -0.25) is 9.78 Å². The Hall–Kier alpha value is -1.65. The second kappa shape index (κ2) is 6.00. The van der Waals surface area contributed by atoms with Gasteiger partial charge in [-0.2, -0.15) is 0 Å². The fourth-order valence-corrected chi connectivity index (χ4v) is 3.06. The Balaban J connectivity index is 1.83. The number of nitrogens with zero attached hydrogens (tertiary/aromatic N) is 1. The van der Waals surface area contributed by atoms with Crippen LogP contribution in [0.4, 0.5) is 0 Å². The van der Waals surface area contributed by atoms with Crippen molar-refractivity contribution in [2.24, 2.45) is 5.73 Å². The van der Waals surface area contributed by atoms with Crippen LogP contribution in [0, 0.1) is 0 Å². The fourth-order valence-electron chi connectivity index (χ4n) is 2.85. The van der Waals surface area contributed by atoms with Crippen LogP contribution in [0.1, 0.15) is 36.0 Å². The van der Waals surface area contributed by atoms with Crippen LogP contribution < -0.4 is 11.1 Å². The van der Waals surface area contributed by atoms with Crippen LogP contribution >= 0.6 is 11.6 Å². The van der Waals surface area contributed by atoms with Crippen molar-refractivity contribution in [1.29, 1.82) is 0 Å². The number of hydrogen-bond donors (Lipinski definition) is 2. The average molecular weight is 304 g/mol. The fraction of sp³-hybridized carbons (Fsp3) is 0.375. The molecule has 110 valence electrons. The van der Waals surface area contributed by atoms with Gasteiger partial charge in [0, 0.05) is 23.7 Å². The number of amides is 1. The highest BCUT2D eigenvalue weighted by molar-refractivity contribution is 6.36. The lowest BCUT2D eigenvalue weighted by Gasteiger charge is -2.26. The Morgan fingerprint density at radius 1 is 1.24 bits per heavy atom. The number of hydrogen-bond acceptors (Lipinski definition) is 3. The van der Waals surface area contributed by atoms with Crippen molar-refractivity contribution >= 4 is 28.4 Å². The number of carbonyl (C=O) groups excluding carboxylic acids is 1. The van der Waals surface area contributed by atoms with E-state index in [2.05, 4.69) is 10.3 Å². The Bertz CT molecular complexity index is 666. The highest BCUT2D eigenvalue weighted by atomic mass is 35.5. The summed E-state index contributed by atoms with van der Waals surface area (Å²) in [5.74, 6) is -0.0872. The molecule has 3 rings (SSSR count). The van der Waals surface area contributed by atoms with Gasteiger partial charge in [0.25, 0.3) is 5.91 Å². The standard InChI is InChI=1S/C16H18ClN3O/c17-14-8-7-13(15-12(14)2-1-9-19-15)16(21)20-11-5-3-10(18)4-6-11/h1-2,7-11H,3-6,18H2,(H,20,21). The van der Waals surface area contributed by atoms with Crippen LogP contribution in [-0.2, 0) is 0 Å². The van der Waals surface area contributed by atoms with Crippen LogP contribution in [0.25, 0.3) is 10.9 Å². The molecular weight excluding hydrogens is 286 g/mol. The molecule has 1 amide bonds. The molecule has 4 nitrogen and oxygen atoms in total. The van der Waals surface area contributed by atoms with E-state index in [-0.39, 0.29) is 18.0 Å². The van der Waals surface area contributed by atoms with Gasteiger partial charge in [-0.05, 0) is 49.9 Å². The number of rotatable bonds is 2. The smallest absolute Gasteiger partial charge is 0.253 e. The summed E-state index contributed by atoms with van der Waals surface area (Å²) in [6.45, 7) is 0. The van der Waals surface area contributed by atoms with Gasteiger partial charge < -0.3 is 11.1 Å². The SMILES string of the molecule is NC1CCC(NC(=O)c2ccc(Cl)c3cccnc23)CC1. The zero-order valence-electron chi connectivity index (χ0n) is 11.7. The van der Waals surface area contributed by atoms with Gasteiger partial charge in [-0.15, -0.1) is 0 Å². The van der Waals surface area contributed by atoms with E-state index in [1.165, 1.54) is 0 Å². The molecule has 1 fully saturated rings. The molecule has 5 heteroatoms. The Morgan fingerprint density at radius 2 is 2.00 bits per heavy atom. The maximum Gasteiger partial charge on any atom is 0.253 e. The summed E-state index contributed by atoms with van der Waals surface area (Å²) in [7, 11) is 0. The first-order valence-electron chi connectivity index (χ1n) is 7.25. The summed E-state index contributed by atoms with van der Waals surface area (Å²) in [6, 6.07) is 7.65. The van der Waals surface area contributed by atoms with E-state index >= 15 is 0 Å². The van der Waals surface area contributed by atoms with Gasteiger partial charge in [-0.25, -0.2) is 0 Å². The molecule has 1 aromatic heterocycles. The number of fused-ring (bicyclic) bond motifs is 1. The lowest BCUT2D eigenvalue weighted by Crippen LogP contribution is -2.40. The molecule has 21 heavy (non-hydrogen) atoms. The Kier molecular flexibility index (Phi) is 4.08. The first-order valence-corrected chi connectivity index (χ1v) is 7.62. The molecule has 0 aliphatic heterocycles. The zero-order valence-corrected chi connectivity index (χ0v) is 12.4. The predicted octanol–water partition coefficient (Wildman–Crippen LogP) is 2.89.